The Hall–Kier alpha value is -3.39. The minimum Gasteiger partial charge on any atom is -0.298 e. The molecule has 1 aliphatic carbocycles. The molecule has 1 saturated carbocycles. The SMILES string of the molecule is CCCCCCCCC(=O)NS(=O)(=O)c1ccc(CN(C)Cc2ccccc2S(C)(c2ccccc2)c2ccc(C3CCCCC3)cc2)cc1. The fraction of sp³-hybridized carbons (Fsp3) is 0.419. The molecule has 4 aromatic rings. The van der Waals surface area contributed by atoms with E-state index in [1.165, 1.54) is 70.8 Å². The summed E-state index contributed by atoms with van der Waals surface area (Å²) in [6.45, 7) is 3.58. The van der Waals surface area contributed by atoms with E-state index >= 15 is 0 Å². The third kappa shape index (κ3) is 9.89. The third-order valence-corrected chi connectivity index (χ3v) is 15.3. The van der Waals surface area contributed by atoms with E-state index in [1.807, 2.05) is 12.1 Å². The van der Waals surface area contributed by atoms with Crippen LogP contribution < -0.4 is 4.72 Å². The number of benzene rings is 4. The number of unbranched alkanes of at least 4 members (excludes halogenated alkanes) is 5. The van der Waals surface area contributed by atoms with E-state index in [4.69, 9.17) is 0 Å². The minimum absolute atomic E-state index is 0.113. The summed E-state index contributed by atoms with van der Waals surface area (Å²) in [5.74, 6) is 0.243. The molecule has 1 fully saturated rings. The van der Waals surface area contributed by atoms with Crippen LogP contribution in [0.5, 0.6) is 0 Å². The van der Waals surface area contributed by atoms with Gasteiger partial charge in [0.1, 0.15) is 0 Å². The maximum Gasteiger partial charge on any atom is 0.264 e. The number of nitrogens with zero attached hydrogens (tertiary/aromatic N) is 1. The number of sulfonamides is 1. The van der Waals surface area contributed by atoms with Crippen molar-refractivity contribution in [2.45, 2.75) is 123 Å². The van der Waals surface area contributed by atoms with Crippen molar-refractivity contribution in [3.8, 4) is 0 Å². The molecule has 268 valence electrons. The zero-order chi connectivity index (χ0) is 35.4. The van der Waals surface area contributed by atoms with Crippen LogP contribution in [0.3, 0.4) is 0 Å². The largest absolute Gasteiger partial charge is 0.298 e. The fourth-order valence-corrected chi connectivity index (χ4v) is 11.5. The van der Waals surface area contributed by atoms with Gasteiger partial charge in [0.25, 0.3) is 10.0 Å². The van der Waals surface area contributed by atoms with Gasteiger partial charge in [-0.05, 0) is 107 Å². The monoisotopic (exact) mass is 712 g/mol. The highest BCUT2D eigenvalue weighted by molar-refractivity contribution is 8.33. The first-order valence-electron chi connectivity index (χ1n) is 18.5. The number of carbonyl (C=O) groups excluding carboxylic acids is 1. The van der Waals surface area contributed by atoms with Crippen molar-refractivity contribution in [3.05, 3.63) is 120 Å². The van der Waals surface area contributed by atoms with Crippen molar-refractivity contribution in [3.63, 3.8) is 0 Å². The van der Waals surface area contributed by atoms with Gasteiger partial charge in [-0.2, -0.15) is 10.0 Å². The summed E-state index contributed by atoms with van der Waals surface area (Å²) in [6.07, 6.45) is 15.6. The maximum absolute atomic E-state index is 12.9. The van der Waals surface area contributed by atoms with Gasteiger partial charge in [-0.15, -0.1) is 0 Å². The predicted molar refractivity (Wildman–Crippen MR) is 208 cm³/mol. The molecule has 50 heavy (non-hydrogen) atoms. The second kappa shape index (κ2) is 18.2. The van der Waals surface area contributed by atoms with Crippen LogP contribution in [0.1, 0.15) is 107 Å². The van der Waals surface area contributed by atoms with E-state index in [1.54, 1.807) is 12.1 Å². The van der Waals surface area contributed by atoms with Crippen molar-refractivity contribution < 1.29 is 13.2 Å². The molecule has 0 spiro atoms. The molecule has 1 atom stereocenters. The summed E-state index contributed by atoms with van der Waals surface area (Å²) in [5, 5.41) is 0. The Balaban J connectivity index is 1.28. The molecule has 0 radical (unpaired) electrons. The van der Waals surface area contributed by atoms with E-state index < -0.39 is 26.0 Å². The molecule has 1 unspecified atom stereocenters. The second-order valence-corrected chi connectivity index (χ2v) is 19.0. The standard InChI is InChI=1S/C43H56N2O3S2/c1-4-5-6-7-8-15-24-43(46)44-50(47,48)41-29-25-35(26-30-41)33-45(2)34-38-20-16-17-23-42(38)49(3,39-21-13-10-14-22-39)40-31-27-37(28-32-40)36-18-11-9-12-19-36/h10,13-14,16-17,20-23,25-32,36H,4-9,11-12,15,18-19,24,33-34H2,1-3H3,(H,44,46). The van der Waals surface area contributed by atoms with Crippen LogP contribution in [0, 0.1) is 0 Å². The quantitative estimate of drug-likeness (QED) is 0.111. The highest BCUT2D eigenvalue weighted by Crippen LogP contribution is 2.66. The average Bonchev–Trinajstić information content (AvgIpc) is 3.14. The number of hydrogen-bond donors (Lipinski definition) is 1. The molecule has 7 heteroatoms. The Kier molecular flexibility index (Phi) is 13.8. The van der Waals surface area contributed by atoms with Gasteiger partial charge in [-0.1, -0.05) is 119 Å². The van der Waals surface area contributed by atoms with Gasteiger partial charge < -0.3 is 0 Å². The average molecular weight is 713 g/mol. The summed E-state index contributed by atoms with van der Waals surface area (Å²) in [6, 6.07) is 36.2. The highest BCUT2D eigenvalue weighted by Gasteiger charge is 2.29. The summed E-state index contributed by atoms with van der Waals surface area (Å²) >= 11 is 0. The second-order valence-electron chi connectivity index (χ2n) is 14.1. The lowest BCUT2D eigenvalue weighted by molar-refractivity contribution is -0.119. The van der Waals surface area contributed by atoms with E-state index in [9.17, 15) is 13.2 Å². The first-order chi connectivity index (χ1) is 24.2. The number of nitrogens with one attached hydrogen (secondary N) is 1. The number of amides is 1. The number of rotatable bonds is 17. The molecular formula is C43H56N2O3S2. The Labute approximate surface area is 303 Å². The molecule has 4 aromatic carbocycles. The molecule has 1 aliphatic rings. The van der Waals surface area contributed by atoms with Crippen molar-refractivity contribution >= 4 is 26.0 Å². The first kappa shape index (κ1) is 37.9. The molecule has 0 aliphatic heterocycles. The summed E-state index contributed by atoms with van der Waals surface area (Å²) < 4.78 is 28.1. The molecule has 0 saturated heterocycles. The van der Waals surface area contributed by atoms with Gasteiger partial charge in [0, 0.05) is 24.4 Å². The smallest absolute Gasteiger partial charge is 0.264 e. The molecular weight excluding hydrogens is 657 g/mol. The highest BCUT2D eigenvalue weighted by atomic mass is 32.3. The third-order valence-electron chi connectivity index (χ3n) is 10.2. The lowest BCUT2D eigenvalue weighted by Crippen LogP contribution is -2.30. The number of carbonyl (C=O) groups is 1. The van der Waals surface area contributed by atoms with E-state index in [2.05, 4.69) is 109 Å². The Morgan fingerprint density at radius 1 is 0.700 bits per heavy atom. The lowest BCUT2D eigenvalue weighted by Gasteiger charge is -2.40. The Morgan fingerprint density at radius 2 is 1.30 bits per heavy atom. The Bertz CT molecular complexity index is 1750. The summed E-state index contributed by atoms with van der Waals surface area (Å²) in [4.78, 5) is 18.8. The number of hydrogen-bond acceptors (Lipinski definition) is 4. The molecule has 1 amide bonds. The summed E-state index contributed by atoms with van der Waals surface area (Å²) in [7, 11) is -3.33. The van der Waals surface area contributed by atoms with Crippen LogP contribution >= 0.6 is 10.0 Å². The van der Waals surface area contributed by atoms with Crippen LogP contribution in [0.25, 0.3) is 0 Å². The fourth-order valence-electron chi connectivity index (χ4n) is 7.32. The normalized spacial score (nSPS) is 15.8. The van der Waals surface area contributed by atoms with E-state index in [0.717, 1.165) is 31.4 Å². The van der Waals surface area contributed by atoms with Crippen molar-refractivity contribution in [1.82, 2.24) is 9.62 Å². The first-order valence-corrected chi connectivity index (χ1v) is 22.1. The van der Waals surface area contributed by atoms with Crippen LogP contribution in [-0.4, -0.2) is 32.5 Å². The van der Waals surface area contributed by atoms with Crippen LogP contribution in [0.2, 0.25) is 0 Å². The zero-order valence-corrected chi connectivity index (χ0v) is 31.9. The molecule has 1 N–H and O–H groups in total. The molecule has 0 aromatic heterocycles. The van der Waals surface area contributed by atoms with Gasteiger partial charge in [0.05, 0.1) is 4.90 Å². The van der Waals surface area contributed by atoms with Crippen LogP contribution in [0.4, 0.5) is 0 Å². The van der Waals surface area contributed by atoms with Crippen molar-refractivity contribution in [2.24, 2.45) is 0 Å². The molecule has 5 nitrogen and oxygen atoms in total. The topological polar surface area (TPSA) is 66.5 Å². The lowest BCUT2D eigenvalue weighted by atomic mass is 9.84. The van der Waals surface area contributed by atoms with Gasteiger partial charge in [0.15, 0.2) is 0 Å². The van der Waals surface area contributed by atoms with Gasteiger partial charge in [-0.25, -0.2) is 13.1 Å². The molecule has 0 heterocycles. The van der Waals surface area contributed by atoms with Crippen molar-refractivity contribution in [1.29, 1.82) is 0 Å². The van der Waals surface area contributed by atoms with E-state index in [-0.39, 0.29) is 11.3 Å². The van der Waals surface area contributed by atoms with Gasteiger partial charge in [-0.3, -0.25) is 9.69 Å². The molecule has 0 bridgehead atoms. The van der Waals surface area contributed by atoms with Crippen LogP contribution in [0.15, 0.2) is 123 Å². The Morgan fingerprint density at radius 3 is 2.00 bits per heavy atom. The minimum atomic E-state index is -3.90. The van der Waals surface area contributed by atoms with Crippen LogP contribution in [-0.2, 0) is 27.9 Å². The van der Waals surface area contributed by atoms with Gasteiger partial charge >= 0.3 is 0 Å². The van der Waals surface area contributed by atoms with Gasteiger partial charge in [0.2, 0.25) is 5.91 Å². The summed E-state index contributed by atoms with van der Waals surface area (Å²) in [5.41, 5.74) is 3.78. The van der Waals surface area contributed by atoms with E-state index in [0.29, 0.717) is 18.9 Å². The maximum atomic E-state index is 12.9. The predicted octanol–water partition coefficient (Wildman–Crippen LogP) is 10.8. The van der Waals surface area contributed by atoms with Crippen molar-refractivity contribution in [2.75, 3.05) is 13.3 Å². The zero-order valence-electron chi connectivity index (χ0n) is 30.3. The molecule has 5 rings (SSSR count).